The second-order valence-electron chi connectivity index (χ2n) is 4.28. The summed E-state index contributed by atoms with van der Waals surface area (Å²) in [6.45, 7) is -0.788. The van der Waals surface area contributed by atoms with Crippen LogP contribution in [0.1, 0.15) is 0 Å². The number of hydrogen-bond acceptors (Lipinski definition) is 4. The van der Waals surface area contributed by atoms with E-state index in [4.69, 9.17) is 5.11 Å². The maximum Gasteiger partial charge on any atom is 0.323 e. The van der Waals surface area contributed by atoms with Gasteiger partial charge in [-0.3, -0.25) is 9.59 Å². The zero-order valence-electron chi connectivity index (χ0n) is 10.4. The number of carboxylic acids is 1. The second-order valence-corrected chi connectivity index (χ2v) is 7.91. The van der Waals surface area contributed by atoms with Gasteiger partial charge in [-0.25, -0.2) is 8.42 Å². The first-order chi connectivity index (χ1) is 9.73. The minimum atomic E-state index is -4.11. The summed E-state index contributed by atoms with van der Waals surface area (Å²) >= 11 is 6.34. The number of nitrogens with one attached hydrogen (secondary N) is 1. The molecule has 7 nitrogen and oxygen atoms in total. The molecule has 0 spiro atoms. The molecule has 1 aromatic rings. The van der Waals surface area contributed by atoms with E-state index in [-0.39, 0.29) is 15.9 Å². The van der Waals surface area contributed by atoms with Crippen LogP contribution in [-0.4, -0.2) is 48.8 Å². The van der Waals surface area contributed by atoms with Gasteiger partial charge in [-0.1, -0.05) is 15.9 Å². The number of nitrogens with zero attached hydrogens (tertiary/aromatic N) is 1. The minimum absolute atomic E-state index is 0.0911. The van der Waals surface area contributed by atoms with Crippen molar-refractivity contribution in [1.29, 1.82) is 0 Å². The fourth-order valence-electron chi connectivity index (χ4n) is 1.89. The molecular formula is C11H10Br2N2O5S. The molecule has 1 atom stereocenters. The van der Waals surface area contributed by atoms with Gasteiger partial charge in [-0.15, -0.1) is 0 Å². The van der Waals surface area contributed by atoms with Gasteiger partial charge in [-0.2, -0.15) is 4.31 Å². The molecule has 1 aromatic carbocycles. The van der Waals surface area contributed by atoms with Gasteiger partial charge in [0.25, 0.3) is 0 Å². The van der Waals surface area contributed by atoms with Gasteiger partial charge >= 0.3 is 5.97 Å². The summed E-state index contributed by atoms with van der Waals surface area (Å²) in [6.07, 6.45) is 0. The first kappa shape index (κ1) is 16.4. The van der Waals surface area contributed by atoms with Gasteiger partial charge in [0.15, 0.2) is 0 Å². The zero-order valence-corrected chi connectivity index (χ0v) is 14.4. The molecule has 1 amide bonds. The van der Waals surface area contributed by atoms with E-state index in [1.165, 1.54) is 18.2 Å². The highest BCUT2D eigenvalue weighted by atomic mass is 79.9. The number of rotatable bonds is 3. The van der Waals surface area contributed by atoms with Crippen molar-refractivity contribution in [3.8, 4) is 0 Å². The summed E-state index contributed by atoms with van der Waals surface area (Å²) in [5, 5.41) is 11.5. The van der Waals surface area contributed by atoms with Crippen molar-refractivity contribution in [2.75, 3.05) is 13.1 Å². The molecule has 21 heavy (non-hydrogen) atoms. The van der Waals surface area contributed by atoms with Gasteiger partial charge in [0.05, 0.1) is 11.4 Å². The van der Waals surface area contributed by atoms with E-state index in [2.05, 4.69) is 37.2 Å². The Morgan fingerprint density at radius 2 is 2.05 bits per heavy atom. The van der Waals surface area contributed by atoms with Crippen LogP contribution in [0.4, 0.5) is 0 Å². The minimum Gasteiger partial charge on any atom is -0.480 e. The number of halogens is 2. The molecule has 2 N–H and O–H groups in total. The predicted molar refractivity (Wildman–Crippen MR) is 80.2 cm³/mol. The van der Waals surface area contributed by atoms with Crippen LogP contribution >= 0.6 is 31.9 Å². The summed E-state index contributed by atoms with van der Waals surface area (Å²) in [7, 11) is -4.11. The Morgan fingerprint density at radius 1 is 1.38 bits per heavy atom. The Morgan fingerprint density at radius 3 is 2.62 bits per heavy atom. The van der Waals surface area contributed by atoms with Crippen molar-refractivity contribution in [3.05, 3.63) is 27.1 Å². The van der Waals surface area contributed by atoms with Crippen LogP contribution < -0.4 is 5.32 Å². The lowest BCUT2D eigenvalue weighted by atomic mass is 10.2. The largest absolute Gasteiger partial charge is 0.480 e. The molecule has 1 aliphatic heterocycles. The predicted octanol–water partition coefficient (Wildman–Crippen LogP) is 0.785. The lowest BCUT2D eigenvalue weighted by Crippen LogP contribution is -2.59. The Balaban J connectivity index is 2.49. The van der Waals surface area contributed by atoms with Crippen molar-refractivity contribution in [1.82, 2.24) is 9.62 Å². The quantitative estimate of drug-likeness (QED) is 0.721. The molecule has 1 unspecified atom stereocenters. The zero-order chi connectivity index (χ0) is 15.8. The van der Waals surface area contributed by atoms with Crippen molar-refractivity contribution in [2.45, 2.75) is 10.9 Å². The van der Waals surface area contributed by atoms with E-state index in [1.54, 1.807) is 0 Å². The molecule has 0 radical (unpaired) electrons. The smallest absolute Gasteiger partial charge is 0.323 e. The third-order valence-electron chi connectivity index (χ3n) is 2.91. The van der Waals surface area contributed by atoms with Gasteiger partial charge in [0.1, 0.15) is 6.04 Å². The number of amides is 1. The number of sulfonamides is 1. The third-order valence-corrected chi connectivity index (χ3v) is 6.23. The number of hydrogen-bond donors (Lipinski definition) is 2. The molecule has 0 saturated carbocycles. The molecule has 2 rings (SSSR count). The maximum atomic E-state index is 12.6. The lowest BCUT2D eigenvalue weighted by Gasteiger charge is -2.31. The molecule has 1 heterocycles. The molecule has 1 aliphatic rings. The van der Waals surface area contributed by atoms with Gasteiger partial charge in [-0.05, 0) is 34.1 Å². The summed E-state index contributed by atoms with van der Waals surface area (Å²) in [5.74, 6) is -1.85. The topological polar surface area (TPSA) is 104 Å². The monoisotopic (exact) mass is 440 g/mol. The van der Waals surface area contributed by atoms with Gasteiger partial charge < -0.3 is 10.4 Å². The average molecular weight is 442 g/mol. The normalized spacial score (nSPS) is 20.1. The fraction of sp³-hybridized carbons (Fsp3) is 0.273. The van der Waals surface area contributed by atoms with Gasteiger partial charge in [0.2, 0.25) is 15.9 Å². The first-order valence-corrected chi connectivity index (χ1v) is 8.72. The molecular weight excluding hydrogens is 432 g/mol. The Bertz CT molecular complexity index is 707. The summed E-state index contributed by atoms with van der Waals surface area (Å²) in [6, 6.07) is 3.07. The SMILES string of the molecule is O=C1CN(S(=O)(=O)c2ccc(Br)cc2Br)C(C(=O)O)CN1. The molecule has 1 fully saturated rings. The van der Waals surface area contributed by atoms with Crippen LogP contribution in [0.2, 0.25) is 0 Å². The van der Waals surface area contributed by atoms with Crippen LogP contribution in [0, 0.1) is 0 Å². The van der Waals surface area contributed by atoms with Crippen molar-refractivity contribution >= 4 is 53.8 Å². The number of carbonyl (C=O) groups is 2. The molecule has 0 aliphatic carbocycles. The second kappa shape index (κ2) is 6.03. The third kappa shape index (κ3) is 3.28. The van der Waals surface area contributed by atoms with Crippen molar-refractivity contribution < 1.29 is 23.1 Å². The van der Waals surface area contributed by atoms with Crippen LogP contribution in [0.25, 0.3) is 0 Å². The van der Waals surface area contributed by atoms with Crippen LogP contribution in [0.15, 0.2) is 32.0 Å². The van der Waals surface area contributed by atoms with E-state index < -0.39 is 34.5 Å². The van der Waals surface area contributed by atoms with Gasteiger partial charge in [0, 0.05) is 15.5 Å². The number of carbonyl (C=O) groups excluding carboxylic acids is 1. The average Bonchev–Trinajstić information content (AvgIpc) is 2.37. The highest BCUT2D eigenvalue weighted by molar-refractivity contribution is 9.11. The molecule has 1 saturated heterocycles. The van der Waals surface area contributed by atoms with E-state index in [0.717, 1.165) is 0 Å². The molecule has 0 bridgehead atoms. The van der Waals surface area contributed by atoms with E-state index in [9.17, 15) is 18.0 Å². The highest BCUT2D eigenvalue weighted by Crippen LogP contribution is 2.29. The van der Waals surface area contributed by atoms with Crippen LogP contribution in [0.5, 0.6) is 0 Å². The van der Waals surface area contributed by atoms with Crippen molar-refractivity contribution in [2.24, 2.45) is 0 Å². The van der Waals surface area contributed by atoms with E-state index in [0.29, 0.717) is 8.78 Å². The molecule has 0 aromatic heterocycles. The number of carboxylic acid groups (broad SMARTS) is 1. The maximum absolute atomic E-state index is 12.6. The first-order valence-electron chi connectivity index (χ1n) is 5.70. The summed E-state index contributed by atoms with van der Waals surface area (Å²) in [4.78, 5) is 22.6. The van der Waals surface area contributed by atoms with Crippen molar-refractivity contribution in [3.63, 3.8) is 0 Å². The number of piperazine rings is 1. The number of benzene rings is 1. The summed E-state index contributed by atoms with van der Waals surface area (Å²) in [5.41, 5.74) is 0. The number of aliphatic carboxylic acids is 1. The fourth-order valence-corrected chi connectivity index (χ4v) is 5.14. The Labute approximate surface area is 137 Å². The molecule has 114 valence electrons. The van der Waals surface area contributed by atoms with E-state index in [1.807, 2.05) is 0 Å². The van der Waals surface area contributed by atoms with E-state index >= 15 is 0 Å². The van der Waals surface area contributed by atoms with Crippen LogP contribution in [0.3, 0.4) is 0 Å². The van der Waals surface area contributed by atoms with Crippen LogP contribution in [-0.2, 0) is 19.6 Å². The Hall–Kier alpha value is -0.970. The highest BCUT2D eigenvalue weighted by Gasteiger charge is 2.41. The molecule has 10 heteroatoms. The summed E-state index contributed by atoms with van der Waals surface area (Å²) < 4.78 is 26.9. The standard InChI is InChI=1S/C11H10Br2N2O5S/c12-6-1-2-9(7(13)3-6)21(19,20)15-5-10(16)14-4-8(15)11(17)18/h1-3,8H,4-5H2,(H,14,16)(H,17,18). The lowest BCUT2D eigenvalue weighted by molar-refractivity contribution is -0.143. The Kier molecular flexibility index (Phi) is 4.71.